The van der Waals surface area contributed by atoms with Gasteiger partial charge in [0.2, 0.25) is 5.91 Å². The molecule has 4 N–H and O–H groups in total. The quantitative estimate of drug-likeness (QED) is 0.472. The van der Waals surface area contributed by atoms with E-state index in [4.69, 9.17) is 10.5 Å². The number of amides is 3. The average Bonchev–Trinajstić information content (AvgIpc) is 3.41. The highest BCUT2D eigenvalue weighted by Crippen LogP contribution is 2.22. The number of nitrogens with two attached hydrogens (primary N) is 1. The number of carbonyl (C=O) groups excluding carboxylic acids is 3. The van der Waals surface area contributed by atoms with Gasteiger partial charge in [-0.05, 0) is 37.5 Å². The molecule has 1 aromatic heterocycles. The molecule has 0 saturated carbocycles. The molecule has 0 aliphatic carbocycles. The third kappa shape index (κ3) is 7.39. The van der Waals surface area contributed by atoms with E-state index in [1.165, 1.54) is 11.3 Å². The molecule has 0 spiro atoms. The Morgan fingerprint density at radius 1 is 1.13 bits per heavy atom. The molecule has 1 aliphatic heterocycles. The molecule has 0 fully saturated rings. The molecule has 200 valence electrons. The monoisotopic (exact) mass is 535 g/mol. The largest absolute Gasteiger partial charge is 0.491 e. The standard InChI is InChI=1S/C28H33N5O4S/c1-19-9-10-24-21(16-19)26(35)31-11-14-33(13-5-8-25(34)30-12-15-37-24)28(36)23-18-38-27(32-23)22(29)17-20-6-3-2-4-7-20/h2-4,6-7,9-10,16,18,22H,5,8,11-15,17,29H2,1H3,(H,30,34)(H,31,35)/t22-/m0/s1. The van der Waals surface area contributed by atoms with Crippen LogP contribution in [0.1, 0.15) is 55.9 Å². The molecule has 3 aromatic rings. The fraction of sp³-hybridized carbons (Fsp3) is 0.357. The molecule has 38 heavy (non-hydrogen) atoms. The normalized spacial score (nSPS) is 16.2. The minimum atomic E-state index is -0.319. The molecule has 0 unspecified atom stereocenters. The van der Waals surface area contributed by atoms with E-state index in [9.17, 15) is 14.4 Å². The predicted octanol–water partition coefficient (Wildman–Crippen LogP) is 2.86. The van der Waals surface area contributed by atoms with E-state index in [0.29, 0.717) is 47.9 Å². The number of rotatable bonds is 4. The summed E-state index contributed by atoms with van der Waals surface area (Å²) in [6.07, 6.45) is 1.38. The number of aryl methyl sites for hydroxylation is 1. The lowest BCUT2D eigenvalue weighted by Crippen LogP contribution is -2.39. The van der Waals surface area contributed by atoms with E-state index in [0.717, 1.165) is 11.1 Å². The minimum absolute atomic E-state index is 0.114. The summed E-state index contributed by atoms with van der Waals surface area (Å²) in [6.45, 7) is 3.35. The predicted molar refractivity (Wildman–Crippen MR) is 146 cm³/mol. The molecule has 3 amide bonds. The van der Waals surface area contributed by atoms with Crippen molar-refractivity contribution >= 4 is 29.1 Å². The second-order valence-corrected chi connectivity index (χ2v) is 10.1. The number of carbonyl (C=O) groups is 3. The van der Waals surface area contributed by atoms with Gasteiger partial charge in [0.1, 0.15) is 23.1 Å². The van der Waals surface area contributed by atoms with Gasteiger partial charge >= 0.3 is 0 Å². The molecule has 1 aliphatic rings. The first-order chi connectivity index (χ1) is 18.4. The molecule has 2 heterocycles. The van der Waals surface area contributed by atoms with Gasteiger partial charge in [-0.2, -0.15) is 0 Å². The second-order valence-electron chi connectivity index (χ2n) is 9.22. The lowest BCUT2D eigenvalue weighted by atomic mass is 10.1. The molecule has 9 nitrogen and oxygen atoms in total. The van der Waals surface area contributed by atoms with Crippen molar-refractivity contribution in [3.8, 4) is 5.75 Å². The van der Waals surface area contributed by atoms with Crippen LogP contribution in [0.25, 0.3) is 0 Å². The molecule has 0 saturated heterocycles. The van der Waals surface area contributed by atoms with Crippen molar-refractivity contribution in [3.63, 3.8) is 0 Å². The van der Waals surface area contributed by atoms with E-state index < -0.39 is 0 Å². The van der Waals surface area contributed by atoms with Gasteiger partial charge in [0.15, 0.2) is 0 Å². The number of aromatic nitrogens is 1. The van der Waals surface area contributed by atoms with Gasteiger partial charge < -0.3 is 26.0 Å². The number of hydrogen-bond acceptors (Lipinski definition) is 7. The van der Waals surface area contributed by atoms with Crippen LogP contribution in [0.15, 0.2) is 53.9 Å². The number of ether oxygens (including phenoxy) is 1. The number of thiazole rings is 1. The lowest BCUT2D eigenvalue weighted by molar-refractivity contribution is -0.121. The molecular formula is C28H33N5O4S. The number of nitrogens with one attached hydrogen (secondary N) is 2. The number of hydrogen-bond donors (Lipinski definition) is 3. The molecule has 10 heteroatoms. The Balaban J connectivity index is 1.46. The van der Waals surface area contributed by atoms with Gasteiger partial charge in [0, 0.05) is 31.4 Å². The van der Waals surface area contributed by atoms with Crippen LogP contribution in [-0.4, -0.2) is 60.4 Å². The lowest BCUT2D eigenvalue weighted by Gasteiger charge is -2.22. The van der Waals surface area contributed by atoms with Crippen LogP contribution < -0.4 is 21.1 Å². The van der Waals surface area contributed by atoms with Crippen molar-refractivity contribution in [3.05, 3.63) is 81.3 Å². The van der Waals surface area contributed by atoms with Gasteiger partial charge in [0.05, 0.1) is 18.2 Å². The summed E-state index contributed by atoms with van der Waals surface area (Å²) in [4.78, 5) is 44.8. The van der Waals surface area contributed by atoms with E-state index >= 15 is 0 Å². The number of fused-ring (bicyclic) bond motifs is 1. The Hall–Kier alpha value is -3.76. The molecule has 0 radical (unpaired) electrons. The van der Waals surface area contributed by atoms with Crippen molar-refractivity contribution in [2.45, 2.75) is 32.2 Å². The fourth-order valence-electron chi connectivity index (χ4n) is 4.21. The summed E-state index contributed by atoms with van der Waals surface area (Å²) in [6, 6.07) is 15.0. The summed E-state index contributed by atoms with van der Waals surface area (Å²) in [5.74, 6) is -0.195. The summed E-state index contributed by atoms with van der Waals surface area (Å²) in [7, 11) is 0. The van der Waals surface area contributed by atoms with E-state index in [1.807, 2.05) is 43.3 Å². The zero-order valence-electron chi connectivity index (χ0n) is 21.4. The zero-order valence-corrected chi connectivity index (χ0v) is 22.3. The summed E-state index contributed by atoms with van der Waals surface area (Å²) in [5.41, 5.74) is 9.14. The topological polar surface area (TPSA) is 127 Å². The fourth-order valence-corrected chi connectivity index (χ4v) is 5.00. The van der Waals surface area contributed by atoms with E-state index in [1.54, 1.807) is 22.4 Å². The van der Waals surface area contributed by atoms with Gasteiger partial charge in [-0.3, -0.25) is 14.4 Å². The van der Waals surface area contributed by atoms with Gasteiger partial charge in [0.25, 0.3) is 11.8 Å². The van der Waals surface area contributed by atoms with Gasteiger partial charge in [-0.15, -0.1) is 11.3 Å². The van der Waals surface area contributed by atoms with Crippen LogP contribution in [0.2, 0.25) is 0 Å². The first kappa shape index (κ1) is 27.3. The smallest absolute Gasteiger partial charge is 0.273 e. The van der Waals surface area contributed by atoms with Crippen molar-refractivity contribution in [2.24, 2.45) is 5.73 Å². The summed E-state index contributed by atoms with van der Waals surface area (Å²) < 4.78 is 5.76. The maximum absolute atomic E-state index is 13.4. The van der Waals surface area contributed by atoms with Crippen LogP contribution in [-0.2, 0) is 11.2 Å². The SMILES string of the molecule is Cc1ccc2c(c1)C(=O)NCCN(C(=O)c1csc([C@@H](N)Cc3ccccc3)n1)CCCC(=O)NCCO2. The first-order valence-corrected chi connectivity index (χ1v) is 13.6. The minimum Gasteiger partial charge on any atom is -0.491 e. The molecular weight excluding hydrogens is 502 g/mol. The third-order valence-corrected chi connectivity index (χ3v) is 7.18. The van der Waals surface area contributed by atoms with Crippen molar-refractivity contribution in [2.75, 3.05) is 32.8 Å². The number of benzene rings is 2. The van der Waals surface area contributed by atoms with Gasteiger partial charge in [-0.1, -0.05) is 42.0 Å². The zero-order chi connectivity index (χ0) is 26.9. The first-order valence-electron chi connectivity index (χ1n) is 12.7. The Bertz CT molecular complexity index is 1260. The van der Waals surface area contributed by atoms with E-state index in [2.05, 4.69) is 15.6 Å². The highest BCUT2D eigenvalue weighted by molar-refractivity contribution is 7.09. The maximum atomic E-state index is 13.4. The maximum Gasteiger partial charge on any atom is 0.273 e. The van der Waals surface area contributed by atoms with Crippen molar-refractivity contribution < 1.29 is 19.1 Å². The van der Waals surface area contributed by atoms with Crippen molar-refractivity contribution in [1.29, 1.82) is 0 Å². The summed E-state index contributed by atoms with van der Waals surface area (Å²) in [5, 5.41) is 8.13. The third-order valence-electron chi connectivity index (χ3n) is 6.20. The molecule has 4 rings (SSSR count). The molecule has 0 bridgehead atoms. The molecule has 1 atom stereocenters. The second kappa shape index (κ2) is 13.2. The summed E-state index contributed by atoms with van der Waals surface area (Å²) >= 11 is 1.36. The highest BCUT2D eigenvalue weighted by atomic mass is 32.1. The molecule has 2 aromatic carbocycles. The van der Waals surface area contributed by atoms with E-state index in [-0.39, 0.29) is 49.9 Å². The van der Waals surface area contributed by atoms with Gasteiger partial charge in [-0.25, -0.2) is 4.98 Å². The highest BCUT2D eigenvalue weighted by Gasteiger charge is 2.22. The van der Waals surface area contributed by atoms with Crippen LogP contribution in [0, 0.1) is 6.92 Å². The van der Waals surface area contributed by atoms with Crippen LogP contribution in [0.4, 0.5) is 0 Å². The van der Waals surface area contributed by atoms with Crippen LogP contribution in [0.5, 0.6) is 5.75 Å². The Labute approximate surface area is 226 Å². The van der Waals surface area contributed by atoms with Crippen molar-refractivity contribution in [1.82, 2.24) is 20.5 Å². The van der Waals surface area contributed by atoms with Crippen LogP contribution in [0.3, 0.4) is 0 Å². The number of nitrogens with zero attached hydrogens (tertiary/aromatic N) is 2. The Morgan fingerprint density at radius 2 is 1.95 bits per heavy atom. The average molecular weight is 536 g/mol. The Kier molecular flexibility index (Phi) is 9.45. The Morgan fingerprint density at radius 3 is 2.76 bits per heavy atom. The van der Waals surface area contributed by atoms with Crippen LogP contribution >= 0.6 is 11.3 Å².